The molecule has 5 amide bonds. The summed E-state index contributed by atoms with van der Waals surface area (Å²) < 4.78 is 5.10. The molecule has 5 N–H and O–H groups in total. The fourth-order valence-corrected chi connectivity index (χ4v) is 5.37. The van der Waals surface area contributed by atoms with Crippen molar-refractivity contribution in [3.63, 3.8) is 0 Å². The van der Waals surface area contributed by atoms with Gasteiger partial charge in [0.1, 0.15) is 18.6 Å². The predicted octanol–water partition coefficient (Wildman–Crippen LogP) is 3.84. The Morgan fingerprint density at radius 2 is 1.54 bits per heavy atom. The molecule has 1 heterocycles. The number of likely N-dealkylation sites (tertiary alicyclic amines) is 1. The molecular weight excluding hydrogens is 590 g/mol. The molecule has 264 valence electrons. The van der Waals surface area contributed by atoms with Gasteiger partial charge in [0.2, 0.25) is 17.6 Å². The van der Waals surface area contributed by atoms with Crippen LogP contribution < -0.4 is 21.7 Å². The van der Waals surface area contributed by atoms with Crippen LogP contribution in [0.5, 0.6) is 0 Å². The van der Waals surface area contributed by atoms with Crippen LogP contribution in [0.3, 0.4) is 0 Å². The van der Waals surface area contributed by atoms with Crippen molar-refractivity contribution in [2.75, 3.05) is 19.7 Å². The molecule has 3 aliphatic rings. The van der Waals surface area contributed by atoms with Crippen molar-refractivity contribution in [1.29, 1.82) is 0 Å². The van der Waals surface area contributed by atoms with Crippen molar-refractivity contribution in [2.45, 2.75) is 138 Å². The van der Waals surface area contributed by atoms with Gasteiger partial charge in [0.25, 0.3) is 5.91 Å². The summed E-state index contributed by atoms with van der Waals surface area (Å²) in [7, 11) is 0. The lowest BCUT2D eigenvalue weighted by molar-refractivity contribution is -0.143. The first-order chi connectivity index (χ1) is 21.6. The van der Waals surface area contributed by atoms with E-state index >= 15 is 0 Å². The lowest BCUT2D eigenvalue weighted by Gasteiger charge is -2.35. The van der Waals surface area contributed by atoms with E-state index in [0.717, 1.165) is 25.2 Å². The fraction of sp³-hybridized carbons (Fsp3) is 0.824. The second-order valence-electron chi connectivity index (χ2n) is 13.9. The lowest BCUT2D eigenvalue weighted by Crippen LogP contribution is -2.60. The molecule has 12 nitrogen and oxygen atoms in total. The van der Waals surface area contributed by atoms with E-state index in [2.05, 4.69) is 22.9 Å². The summed E-state index contributed by atoms with van der Waals surface area (Å²) in [6.07, 6.45) is 9.93. The van der Waals surface area contributed by atoms with E-state index in [1.54, 1.807) is 20.8 Å². The van der Waals surface area contributed by atoms with Gasteiger partial charge in [0.05, 0.1) is 12.6 Å². The average Bonchev–Trinajstić information content (AvgIpc) is 3.48. The van der Waals surface area contributed by atoms with Gasteiger partial charge in [0, 0.05) is 6.54 Å². The molecule has 0 aromatic carbocycles. The Balaban J connectivity index is 0.00000116. The molecule has 0 aromatic rings. The van der Waals surface area contributed by atoms with E-state index in [1.807, 2.05) is 27.7 Å². The molecule has 1 aliphatic heterocycles. The molecule has 1 saturated heterocycles. The third-order valence-corrected chi connectivity index (χ3v) is 8.65. The van der Waals surface area contributed by atoms with Crippen LogP contribution in [0.2, 0.25) is 0 Å². The maximum Gasteiger partial charge on any atom is 0.325 e. The SMILES string of the molecule is CC.CC1CCCC1.CCC(C)CC(NC(=O)C1CCCN1C(=O)C(NC(=O)NCC(=O)OCC1CC1)C(C)(C)C)C(=O)C(N)=O. The summed E-state index contributed by atoms with van der Waals surface area (Å²) in [6.45, 7) is 15.8. The first-order valence-electron chi connectivity index (χ1n) is 17.3. The van der Waals surface area contributed by atoms with E-state index in [0.29, 0.717) is 31.9 Å². The average molecular weight is 652 g/mol. The minimum absolute atomic E-state index is 0.0592. The number of urea groups is 1. The largest absolute Gasteiger partial charge is 0.464 e. The van der Waals surface area contributed by atoms with Crippen molar-refractivity contribution in [3.8, 4) is 0 Å². The van der Waals surface area contributed by atoms with Crippen LogP contribution in [0, 0.1) is 23.2 Å². The van der Waals surface area contributed by atoms with Crippen molar-refractivity contribution < 1.29 is 33.5 Å². The van der Waals surface area contributed by atoms with Crippen LogP contribution >= 0.6 is 0 Å². The first kappa shape index (κ1) is 40.8. The Morgan fingerprint density at radius 3 is 2.02 bits per heavy atom. The van der Waals surface area contributed by atoms with Gasteiger partial charge in [-0.25, -0.2) is 4.79 Å². The molecule has 0 radical (unpaired) electrons. The number of primary amides is 1. The number of esters is 1. The number of nitrogens with zero attached hydrogens (tertiary/aromatic N) is 1. The summed E-state index contributed by atoms with van der Waals surface area (Å²) >= 11 is 0. The Hall–Kier alpha value is -3.18. The van der Waals surface area contributed by atoms with Crippen LogP contribution in [0.4, 0.5) is 4.79 Å². The fourth-order valence-electron chi connectivity index (χ4n) is 5.37. The molecule has 0 spiro atoms. The van der Waals surface area contributed by atoms with Crippen LogP contribution in [0.1, 0.15) is 120 Å². The number of rotatable bonds is 13. The number of hydrogen-bond donors (Lipinski definition) is 4. The molecule has 4 unspecified atom stereocenters. The van der Waals surface area contributed by atoms with E-state index in [-0.39, 0.29) is 18.9 Å². The van der Waals surface area contributed by atoms with Gasteiger partial charge in [0.15, 0.2) is 0 Å². The Kier molecular flexibility index (Phi) is 17.9. The van der Waals surface area contributed by atoms with Crippen molar-refractivity contribution in [1.82, 2.24) is 20.9 Å². The minimum Gasteiger partial charge on any atom is -0.464 e. The molecule has 3 rings (SSSR count). The molecule has 0 bridgehead atoms. The van der Waals surface area contributed by atoms with Crippen LogP contribution in [0.15, 0.2) is 0 Å². The van der Waals surface area contributed by atoms with Crippen LogP contribution in [-0.2, 0) is 28.7 Å². The lowest BCUT2D eigenvalue weighted by atomic mass is 9.85. The molecule has 2 aliphatic carbocycles. The highest BCUT2D eigenvalue weighted by Crippen LogP contribution is 2.29. The monoisotopic (exact) mass is 651 g/mol. The van der Waals surface area contributed by atoms with Gasteiger partial charge in [-0.3, -0.25) is 24.0 Å². The van der Waals surface area contributed by atoms with Crippen LogP contribution in [-0.4, -0.2) is 78.2 Å². The molecule has 12 heteroatoms. The number of nitrogens with one attached hydrogen (secondary N) is 3. The third-order valence-electron chi connectivity index (χ3n) is 8.65. The van der Waals surface area contributed by atoms with Crippen molar-refractivity contribution in [2.24, 2.45) is 28.9 Å². The number of amides is 5. The summed E-state index contributed by atoms with van der Waals surface area (Å²) in [5.74, 6) is -2.06. The number of carbonyl (C=O) groups excluding carboxylic acids is 6. The summed E-state index contributed by atoms with van der Waals surface area (Å²) in [4.78, 5) is 76.5. The van der Waals surface area contributed by atoms with Gasteiger partial charge < -0.3 is 31.3 Å². The maximum absolute atomic E-state index is 13.6. The first-order valence-corrected chi connectivity index (χ1v) is 17.3. The van der Waals surface area contributed by atoms with Crippen molar-refractivity contribution in [3.05, 3.63) is 0 Å². The van der Waals surface area contributed by atoms with Crippen LogP contribution in [0.25, 0.3) is 0 Å². The maximum atomic E-state index is 13.6. The summed E-state index contributed by atoms with van der Waals surface area (Å²) in [6, 6.07) is -3.65. The van der Waals surface area contributed by atoms with E-state index in [4.69, 9.17) is 10.5 Å². The number of hydrogen-bond acceptors (Lipinski definition) is 7. The topological polar surface area (TPSA) is 177 Å². The van der Waals surface area contributed by atoms with Gasteiger partial charge in [-0.2, -0.15) is 0 Å². The van der Waals surface area contributed by atoms with Gasteiger partial charge >= 0.3 is 12.0 Å². The standard InChI is InChI=1S/C26H43N5O7.C6H12.C2H6/c1-6-15(2)12-17(20(33)22(27)34)29-23(35)18-8-7-11-31(18)24(36)21(26(3,4)5)30-25(37)28-13-19(32)38-14-16-9-10-16;1-6-4-2-3-5-6;1-2/h15-18,21H,6-14H2,1-5H3,(H2,27,34)(H,29,35)(H2,28,30,37);6H,2-5H2,1H3;1-2H3. The van der Waals surface area contributed by atoms with E-state index in [9.17, 15) is 28.8 Å². The highest BCUT2D eigenvalue weighted by molar-refractivity contribution is 6.37. The molecule has 0 aromatic heterocycles. The smallest absolute Gasteiger partial charge is 0.325 e. The molecular formula is C34H61N5O7. The zero-order chi connectivity index (χ0) is 35.0. The highest BCUT2D eigenvalue weighted by atomic mass is 16.5. The number of carbonyl (C=O) groups is 6. The predicted molar refractivity (Wildman–Crippen MR) is 177 cm³/mol. The number of Topliss-reactive ketones (excluding diaryl/α,β-unsaturated/α-hetero) is 1. The van der Waals surface area contributed by atoms with E-state index < -0.39 is 59.0 Å². The number of ketones is 1. The number of nitrogens with two attached hydrogens (primary N) is 1. The Morgan fingerprint density at radius 1 is 0.935 bits per heavy atom. The van der Waals surface area contributed by atoms with Gasteiger partial charge in [-0.15, -0.1) is 0 Å². The Labute approximate surface area is 276 Å². The molecule has 46 heavy (non-hydrogen) atoms. The normalized spacial score (nSPS) is 19.7. The second kappa shape index (κ2) is 20.1. The van der Waals surface area contributed by atoms with Gasteiger partial charge in [-0.05, 0) is 55.3 Å². The molecule has 2 saturated carbocycles. The molecule has 3 fully saturated rings. The van der Waals surface area contributed by atoms with Crippen molar-refractivity contribution >= 4 is 35.5 Å². The van der Waals surface area contributed by atoms with Gasteiger partial charge in [-0.1, -0.05) is 87.5 Å². The quantitative estimate of drug-likeness (QED) is 0.173. The second-order valence-corrected chi connectivity index (χ2v) is 13.9. The summed E-state index contributed by atoms with van der Waals surface area (Å²) in [5.41, 5.74) is 4.47. The zero-order valence-corrected chi connectivity index (χ0v) is 29.5. The highest BCUT2D eigenvalue weighted by Gasteiger charge is 2.42. The van der Waals surface area contributed by atoms with E-state index in [1.165, 1.54) is 30.6 Å². The Bertz CT molecular complexity index is 1020. The minimum atomic E-state index is -1.13. The number of ether oxygens (including phenoxy) is 1. The zero-order valence-electron chi connectivity index (χ0n) is 29.5. The molecule has 4 atom stereocenters. The third kappa shape index (κ3) is 14.5. The summed E-state index contributed by atoms with van der Waals surface area (Å²) in [5, 5.41) is 7.69.